The number of aromatic nitrogens is 2. The minimum absolute atomic E-state index is 0.208. The molecule has 4 aromatic rings. The molecule has 1 aliphatic rings. The predicted octanol–water partition coefficient (Wildman–Crippen LogP) is 3.62. The first-order chi connectivity index (χ1) is 18.6. The molecule has 2 heterocycles. The molecule has 0 atom stereocenters. The van der Waals surface area contributed by atoms with Crippen molar-refractivity contribution in [2.45, 2.75) is 32.2 Å². The lowest BCUT2D eigenvalue weighted by Crippen LogP contribution is -2.40. The molecule has 1 fully saturated rings. The summed E-state index contributed by atoms with van der Waals surface area (Å²) in [7, 11) is 0. The maximum atomic E-state index is 13.0. The van der Waals surface area contributed by atoms with E-state index in [2.05, 4.69) is 45.5 Å². The summed E-state index contributed by atoms with van der Waals surface area (Å²) in [6.07, 6.45) is 4.06. The largest absolute Gasteiger partial charge is 0.351 e. The Morgan fingerprint density at radius 3 is 2.26 bits per heavy atom. The van der Waals surface area contributed by atoms with Crippen molar-refractivity contribution >= 4 is 16.8 Å². The van der Waals surface area contributed by atoms with Crippen LogP contribution < -0.4 is 16.6 Å². The average molecular weight is 511 g/mol. The Morgan fingerprint density at radius 1 is 0.868 bits per heavy atom. The van der Waals surface area contributed by atoms with E-state index in [1.807, 2.05) is 30.3 Å². The van der Waals surface area contributed by atoms with Gasteiger partial charge in [-0.25, -0.2) is 4.79 Å². The third-order valence-electron chi connectivity index (χ3n) is 7.50. The van der Waals surface area contributed by atoms with Crippen LogP contribution in [-0.2, 0) is 19.4 Å². The van der Waals surface area contributed by atoms with Gasteiger partial charge in [-0.1, -0.05) is 60.7 Å². The maximum Gasteiger partial charge on any atom is 0.328 e. The lowest BCUT2D eigenvalue weighted by Gasteiger charge is -2.32. The molecular weight excluding hydrogens is 476 g/mol. The average Bonchev–Trinajstić information content (AvgIpc) is 2.94. The van der Waals surface area contributed by atoms with Crippen LogP contribution in [0.4, 0.5) is 0 Å². The van der Waals surface area contributed by atoms with E-state index in [0.717, 1.165) is 31.6 Å². The van der Waals surface area contributed by atoms with Gasteiger partial charge >= 0.3 is 5.69 Å². The predicted molar refractivity (Wildman–Crippen MR) is 151 cm³/mol. The molecule has 2 N–H and O–H groups in total. The number of aromatic amines is 1. The number of H-pyrrole nitrogens is 1. The number of rotatable bonds is 9. The molecule has 38 heavy (non-hydrogen) atoms. The van der Waals surface area contributed by atoms with Crippen molar-refractivity contribution < 1.29 is 4.79 Å². The highest BCUT2D eigenvalue weighted by Gasteiger charge is 2.19. The normalized spacial score (nSPS) is 14.5. The van der Waals surface area contributed by atoms with Crippen LogP contribution in [0.5, 0.6) is 0 Å². The number of likely N-dealkylation sites (tertiary alicyclic amines) is 1. The van der Waals surface area contributed by atoms with E-state index in [1.165, 1.54) is 23.0 Å². The summed E-state index contributed by atoms with van der Waals surface area (Å²) < 4.78 is 1.22. The minimum atomic E-state index is -0.466. The molecule has 196 valence electrons. The highest BCUT2D eigenvalue weighted by molar-refractivity contribution is 5.97. The number of aryl methyl sites for hydroxylation is 1. The Hall–Kier alpha value is -3.97. The summed E-state index contributed by atoms with van der Waals surface area (Å²) >= 11 is 0. The Bertz CT molecular complexity index is 1490. The topological polar surface area (TPSA) is 87.2 Å². The highest BCUT2D eigenvalue weighted by atomic mass is 16.2. The lowest BCUT2D eigenvalue weighted by molar-refractivity contribution is 0.0944. The van der Waals surface area contributed by atoms with Gasteiger partial charge < -0.3 is 15.2 Å². The molecule has 0 radical (unpaired) electrons. The SMILES string of the molecule is O=C(NCCN1CCC(Cc2ccccc2)CC1)c1ccc2c(=O)n(CCc3ccccc3)c(=O)[nH]c2c1. The Labute approximate surface area is 222 Å². The van der Waals surface area contributed by atoms with Gasteiger partial charge in [-0.05, 0) is 74.0 Å². The fraction of sp³-hybridized carbons (Fsp3) is 0.323. The van der Waals surface area contributed by atoms with E-state index in [4.69, 9.17) is 0 Å². The smallest absolute Gasteiger partial charge is 0.328 e. The molecule has 3 aromatic carbocycles. The molecule has 0 aliphatic carbocycles. The molecule has 1 amide bonds. The van der Waals surface area contributed by atoms with Crippen LogP contribution in [0.2, 0.25) is 0 Å². The Balaban J connectivity index is 1.13. The second kappa shape index (κ2) is 12.0. The minimum Gasteiger partial charge on any atom is -0.351 e. The number of nitrogens with zero attached hydrogens (tertiary/aromatic N) is 2. The molecule has 1 aromatic heterocycles. The van der Waals surface area contributed by atoms with Crippen LogP contribution in [-0.4, -0.2) is 46.5 Å². The van der Waals surface area contributed by atoms with Crippen molar-refractivity contribution in [1.29, 1.82) is 0 Å². The number of piperidine rings is 1. The number of fused-ring (bicyclic) bond motifs is 1. The zero-order chi connectivity index (χ0) is 26.3. The maximum absolute atomic E-state index is 13.0. The van der Waals surface area contributed by atoms with E-state index >= 15 is 0 Å². The van der Waals surface area contributed by atoms with Gasteiger partial charge in [0.1, 0.15) is 0 Å². The second-order valence-corrected chi connectivity index (χ2v) is 10.1. The summed E-state index contributed by atoms with van der Waals surface area (Å²) in [5.41, 5.74) is 2.46. The first-order valence-corrected chi connectivity index (χ1v) is 13.4. The van der Waals surface area contributed by atoms with Gasteiger partial charge in [0.25, 0.3) is 11.5 Å². The number of carbonyl (C=O) groups is 1. The van der Waals surface area contributed by atoms with Crippen LogP contribution in [0.25, 0.3) is 10.9 Å². The van der Waals surface area contributed by atoms with E-state index in [1.54, 1.807) is 18.2 Å². The second-order valence-electron chi connectivity index (χ2n) is 10.1. The van der Waals surface area contributed by atoms with Gasteiger partial charge in [-0.2, -0.15) is 0 Å². The third-order valence-corrected chi connectivity index (χ3v) is 7.50. The summed E-state index contributed by atoms with van der Waals surface area (Å²) in [4.78, 5) is 43.5. The zero-order valence-electron chi connectivity index (χ0n) is 21.6. The Kier molecular flexibility index (Phi) is 8.14. The number of hydrogen-bond donors (Lipinski definition) is 2. The van der Waals surface area contributed by atoms with E-state index in [0.29, 0.717) is 41.9 Å². The van der Waals surface area contributed by atoms with Crippen LogP contribution in [0.1, 0.15) is 34.3 Å². The molecule has 0 saturated carbocycles. The van der Waals surface area contributed by atoms with Crippen molar-refractivity contribution in [3.8, 4) is 0 Å². The zero-order valence-corrected chi connectivity index (χ0v) is 21.6. The van der Waals surface area contributed by atoms with Crippen LogP contribution in [0.3, 0.4) is 0 Å². The molecule has 7 nitrogen and oxygen atoms in total. The number of hydrogen-bond acceptors (Lipinski definition) is 4. The van der Waals surface area contributed by atoms with Crippen molar-refractivity contribution in [1.82, 2.24) is 19.8 Å². The fourth-order valence-electron chi connectivity index (χ4n) is 5.28. The first kappa shape index (κ1) is 25.7. The quantitative estimate of drug-likeness (QED) is 0.360. The van der Waals surface area contributed by atoms with Gasteiger partial charge in [-0.15, -0.1) is 0 Å². The van der Waals surface area contributed by atoms with Gasteiger partial charge in [0.05, 0.1) is 10.9 Å². The van der Waals surface area contributed by atoms with Crippen molar-refractivity contribution in [3.05, 3.63) is 116 Å². The number of benzene rings is 3. The van der Waals surface area contributed by atoms with E-state index < -0.39 is 5.69 Å². The molecule has 1 saturated heterocycles. The van der Waals surface area contributed by atoms with Crippen LogP contribution >= 0.6 is 0 Å². The van der Waals surface area contributed by atoms with Crippen molar-refractivity contribution in [3.63, 3.8) is 0 Å². The molecule has 1 aliphatic heterocycles. The van der Waals surface area contributed by atoms with Crippen LogP contribution in [0, 0.1) is 5.92 Å². The third kappa shape index (κ3) is 6.29. The monoisotopic (exact) mass is 510 g/mol. The molecule has 7 heteroatoms. The summed E-state index contributed by atoms with van der Waals surface area (Å²) in [6, 6.07) is 25.3. The van der Waals surface area contributed by atoms with E-state index in [9.17, 15) is 14.4 Å². The molecule has 5 rings (SSSR count). The fourth-order valence-corrected chi connectivity index (χ4v) is 5.28. The van der Waals surface area contributed by atoms with Gasteiger partial charge in [0.15, 0.2) is 0 Å². The Morgan fingerprint density at radius 2 is 1.55 bits per heavy atom. The molecular formula is C31H34N4O3. The number of amides is 1. The van der Waals surface area contributed by atoms with Gasteiger partial charge in [0.2, 0.25) is 0 Å². The lowest BCUT2D eigenvalue weighted by atomic mass is 9.90. The molecule has 0 spiro atoms. The highest BCUT2D eigenvalue weighted by Crippen LogP contribution is 2.21. The van der Waals surface area contributed by atoms with E-state index in [-0.39, 0.29) is 11.5 Å². The van der Waals surface area contributed by atoms with Gasteiger partial charge in [0, 0.05) is 25.2 Å². The number of nitrogens with one attached hydrogen (secondary N) is 2. The molecule has 0 unspecified atom stereocenters. The number of carbonyl (C=O) groups excluding carboxylic acids is 1. The van der Waals surface area contributed by atoms with Crippen LogP contribution in [0.15, 0.2) is 88.5 Å². The standard InChI is InChI=1S/C31H34N4O3/c36-29(32-16-20-34-17-13-25(14-18-34)21-24-9-5-2-6-10-24)26-11-12-27-28(22-26)33-31(38)35(30(27)37)19-15-23-7-3-1-4-8-23/h1-12,22,25H,13-21H2,(H,32,36)(H,33,38). The summed E-state index contributed by atoms with van der Waals surface area (Å²) in [5.74, 6) is 0.505. The summed E-state index contributed by atoms with van der Waals surface area (Å²) in [5, 5.41) is 3.38. The van der Waals surface area contributed by atoms with Crippen molar-refractivity contribution in [2.75, 3.05) is 26.2 Å². The summed E-state index contributed by atoms with van der Waals surface area (Å²) in [6.45, 7) is 3.74. The van der Waals surface area contributed by atoms with Crippen molar-refractivity contribution in [2.24, 2.45) is 5.92 Å². The first-order valence-electron chi connectivity index (χ1n) is 13.4. The molecule has 0 bridgehead atoms. The van der Waals surface area contributed by atoms with Gasteiger partial charge in [-0.3, -0.25) is 14.2 Å².